The van der Waals surface area contributed by atoms with E-state index in [-0.39, 0.29) is 11.8 Å². The van der Waals surface area contributed by atoms with Crippen molar-refractivity contribution in [1.82, 2.24) is 5.43 Å². The molecule has 1 amide bonds. The van der Waals surface area contributed by atoms with Gasteiger partial charge in [-0.1, -0.05) is 25.1 Å². The summed E-state index contributed by atoms with van der Waals surface area (Å²) in [5.74, 6) is 0.109. The fraction of sp³-hybridized carbons (Fsp3) is 0.364. The third-order valence-corrected chi connectivity index (χ3v) is 2.65. The van der Waals surface area contributed by atoms with Crippen molar-refractivity contribution in [2.24, 2.45) is 11.7 Å². The lowest BCUT2D eigenvalue weighted by Gasteiger charge is -2.20. The summed E-state index contributed by atoms with van der Waals surface area (Å²) >= 11 is 0. The third-order valence-electron chi connectivity index (χ3n) is 2.65. The van der Waals surface area contributed by atoms with Crippen molar-refractivity contribution < 1.29 is 4.79 Å². The van der Waals surface area contributed by atoms with Gasteiger partial charge >= 0.3 is 0 Å². The molecule has 1 aliphatic heterocycles. The first-order chi connectivity index (χ1) is 7.22. The fourth-order valence-corrected chi connectivity index (χ4v) is 1.75. The first-order valence-corrected chi connectivity index (χ1v) is 5.08. The van der Waals surface area contributed by atoms with Crippen LogP contribution in [0.3, 0.4) is 0 Å². The molecule has 1 aliphatic rings. The molecular formula is C11H15N3O. The summed E-state index contributed by atoms with van der Waals surface area (Å²) < 4.78 is 0. The lowest BCUT2D eigenvalue weighted by Crippen LogP contribution is -2.33. The summed E-state index contributed by atoms with van der Waals surface area (Å²) in [4.78, 5) is 11.4. The van der Waals surface area contributed by atoms with Crippen molar-refractivity contribution in [3.05, 3.63) is 29.8 Å². The van der Waals surface area contributed by atoms with Gasteiger partial charge < -0.3 is 5.73 Å². The van der Waals surface area contributed by atoms with Gasteiger partial charge in [0.1, 0.15) is 0 Å². The number of anilines is 1. The van der Waals surface area contributed by atoms with E-state index in [9.17, 15) is 4.79 Å². The highest BCUT2D eigenvalue weighted by Gasteiger charge is 2.27. The number of carbonyl (C=O) groups excluding carboxylic acids is 1. The largest absolute Gasteiger partial charge is 0.326 e. The molecule has 2 rings (SSSR count). The van der Waals surface area contributed by atoms with Crippen LogP contribution < -0.4 is 16.2 Å². The van der Waals surface area contributed by atoms with E-state index in [0.717, 1.165) is 11.3 Å². The molecule has 0 spiro atoms. The molecule has 0 bridgehead atoms. The Balaban J connectivity index is 2.27. The molecule has 1 unspecified atom stereocenters. The molecule has 4 heteroatoms. The lowest BCUT2D eigenvalue weighted by molar-refractivity contribution is -0.121. The summed E-state index contributed by atoms with van der Waals surface area (Å²) in [5, 5.41) is 1.87. The molecule has 0 aliphatic carbocycles. The van der Waals surface area contributed by atoms with Crippen molar-refractivity contribution in [2.45, 2.75) is 13.5 Å². The Hall–Kier alpha value is -1.55. The molecule has 1 saturated heterocycles. The number of nitrogens with zero attached hydrogens (tertiary/aromatic N) is 1. The number of hydrogen-bond acceptors (Lipinski definition) is 3. The number of nitrogens with two attached hydrogens (primary N) is 1. The second kappa shape index (κ2) is 3.90. The maximum absolute atomic E-state index is 11.4. The monoisotopic (exact) mass is 205 g/mol. The summed E-state index contributed by atoms with van der Waals surface area (Å²) in [7, 11) is 0. The van der Waals surface area contributed by atoms with Crippen molar-refractivity contribution in [1.29, 1.82) is 0 Å². The molecule has 15 heavy (non-hydrogen) atoms. The number of hydrazine groups is 1. The molecule has 4 nitrogen and oxygen atoms in total. The smallest absolute Gasteiger partial charge is 0.243 e. The second-order valence-corrected chi connectivity index (χ2v) is 3.82. The highest BCUT2D eigenvalue weighted by atomic mass is 16.2. The van der Waals surface area contributed by atoms with Crippen LogP contribution in [0.15, 0.2) is 24.3 Å². The molecular weight excluding hydrogens is 190 g/mol. The van der Waals surface area contributed by atoms with E-state index >= 15 is 0 Å². The molecule has 1 heterocycles. The average molecular weight is 205 g/mol. The first kappa shape index (κ1) is 9.98. The molecule has 1 aromatic carbocycles. The van der Waals surface area contributed by atoms with E-state index in [2.05, 4.69) is 5.43 Å². The van der Waals surface area contributed by atoms with Crippen LogP contribution >= 0.6 is 0 Å². The molecule has 1 atom stereocenters. The second-order valence-electron chi connectivity index (χ2n) is 3.82. The molecule has 1 fully saturated rings. The van der Waals surface area contributed by atoms with E-state index in [0.29, 0.717) is 13.1 Å². The van der Waals surface area contributed by atoms with E-state index < -0.39 is 0 Å². The molecule has 80 valence electrons. The number of rotatable bonds is 2. The Bertz CT molecular complexity index is 378. The van der Waals surface area contributed by atoms with Gasteiger partial charge in [-0.25, -0.2) is 0 Å². The van der Waals surface area contributed by atoms with Gasteiger partial charge in [-0.05, 0) is 11.6 Å². The lowest BCUT2D eigenvalue weighted by atomic mass is 10.1. The zero-order chi connectivity index (χ0) is 10.8. The standard InChI is InChI=1S/C11H15N3O/c1-8-7-14(13-11(8)15)10-5-3-2-4-9(10)6-12/h2-5,8H,6-7,12H2,1H3,(H,13,15). The van der Waals surface area contributed by atoms with E-state index in [4.69, 9.17) is 5.73 Å². The SMILES string of the molecule is CC1CN(c2ccccc2CN)NC1=O. The number of nitrogens with one attached hydrogen (secondary N) is 1. The topological polar surface area (TPSA) is 58.4 Å². The predicted molar refractivity (Wildman–Crippen MR) is 59.0 cm³/mol. The normalized spacial score (nSPS) is 20.5. The fourth-order valence-electron chi connectivity index (χ4n) is 1.75. The molecule has 0 saturated carbocycles. The minimum atomic E-state index is 0.0378. The first-order valence-electron chi connectivity index (χ1n) is 5.08. The minimum absolute atomic E-state index is 0.0378. The maximum Gasteiger partial charge on any atom is 0.243 e. The molecule has 3 N–H and O–H groups in total. The zero-order valence-electron chi connectivity index (χ0n) is 8.73. The van der Waals surface area contributed by atoms with Gasteiger partial charge in [0, 0.05) is 6.54 Å². The van der Waals surface area contributed by atoms with Gasteiger partial charge in [0.25, 0.3) is 0 Å². The third kappa shape index (κ3) is 1.80. The van der Waals surface area contributed by atoms with E-state index in [1.54, 1.807) is 0 Å². The van der Waals surface area contributed by atoms with Gasteiger partial charge in [0.15, 0.2) is 0 Å². The summed E-state index contributed by atoms with van der Waals surface area (Å²) in [6.45, 7) is 3.10. The molecule has 0 aromatic heterocycles. The average Bonchev–Trinajstić information content (AvgIpc) is 2.59. The maximum atomic E-state index is 11.4. The van der Waals surface area contributed by atoms with Crippen LogP contribution in [-0.2, 0) is 11.3 Å². The van der Waals surface area contributed by atoms with Crippen molar-refractivity contribution in [2.75, 3.05) is 11.6 Å². The predicted octanol–water partition coefficient (Wildman–Crippen LogP) is 0.633. The Kier molecular flexibility index (Phi) is 2.60. The van der Waals surface area contributed by atoms with Gasteiger partial charge in [0.05, 0.1) is 18.2 Å². The van der Waals surface area contributed by atoms with E-state index in [1.807, 2.05) is 36.2 Å². The number of carbonyl (C=O) groups is 1. The zero-order valence-corrected chi connectivity index (χ0v) is 8.73. The van der Waals surface area contributed by atoms with Crippen LogP contribution in [0.4, 0.5) is 5.69 Å². The summed E-state index contributed by atoms with van der Waals surface area (Å²) in [6, 6.07) is 7.85. The van der Waals surface area contributed by atoms with E-state index in [1.165, 1.54) is 0 Å². The van der Waals surface area contributed by atoms with Crippen LogP contribution in [0, 0.1) is 5.92 Å². The summed E-state index contributed by atoms with van der Waals surface area (Å²) in [6.07, 6.45) is 0. The van der Waals surface area contributed by atoms with Gasteiger partial charge in [-0.2, -0.15) is 0 Å². The van der Waals surface area contributed by atoms with Crippen molar-refractivity contribution in [3.8, 4) is 0 Å². The Morgan fingerprint density at radius 2 is 2.27 bits per heavy atom. The van der Waals surface area contributed by atoms with Crippen LogP contribution in [0.25, 0.3) is 0 Å². The highest BCUT2D eigenvalue weighted by Crippen LogP contribution is 2.22. The number of benzene rings is 1. The molecule has 1 aromatic rings. The minimum Gasteiger partial charge on any atom is -0.326 e. The van der Waals surface area contributed by atoms with Crippen LogP contribution in [0.1, 0.15) is 12.5 Å². The number of hydrogen-bond donors (Lipinski definition) is 2. The van der Waals surface area contributed by atoms with Gasteiger partial charge in [-0.3, -0.25) is 15.2 Å². The van der Waals surface area contributed by atoms with Crippen LogP contribution in [0.2, 0.25) is 0 Å². The Labute approximate surface area is 89.0 Å². The van der Waals surface area contributed by atoms with Gasteiger partial charge in [-0.15, -0.1) is 0 Å². The van der Waals surface area contributed by atoms with Crippen molar-refractivity contribution >= 4 is 11.6 Å². The van der Waals surface area contributed by atoms with Crippen LogP contribution in [0.5, 0.6) is 0 Å². The Morgan fingerprint density at radius 1 is 1.53 bits per heavy atom. The van der Waals surface area contributed by atoms with Crippen LogP contribution in [-0.4, -0.2) is 12.5 Å². The highest BCUT2D eigenvalue weighted by molar-refractivity contribution is 5.84. The van der Waals surface area contributed by atoms with Gasteiger partial charge in [0.2, 0.25) is 5.91 Å². The number of para-hydroxylation sites is 1. The Morgan fingerprint density at radius 3 is 2.87 bits per heavy atom. The quantitative estimate of drug-likeness (QED) is 0.744. The summed E-state index contributed by atoms with van der Waals surface area (Å²) in [5.41, 5.74) is 10.5. The number of amides is 1. The molecule has 0 radical (unpaired) electrons. The van der Waals surface area contributed by atoms with Crippen molar-refractivity contribution in [3.63, 3.8) is 0 Å².